The second-order valence-corrected chi connectivity index (χ2v) is 4.47. The molecule has 6 heteroatoms. The molecule has 0 fully saturated rings. The number of aromatic nitrogens is 3. The first-order valence-electron chi connectivity index (χ1n) is 6.67. The van der Waals surface area contributed by atoms with Crippen molar-refractivity contribution < 1.29 is 9.13 Å². The SMILES string of the molecule is CCCn1ncnc1COc1ccc(F)cc1CNC. The van der Waals surface area contributed by atoms with Crippen LogP contribution in [0.5, 0.6) is 5.75 Å². The predicted molar refractivity (Wildman–Crippen MR) is 73.8 cm³/mol. The van der Waals surface area contributed by atoms with Crippen LogP contribution in [0, 0.1) is 5.82 Å². The van der Waals surface area contributed by atoms with Gasteiger partial charge >= 0.3 is 0 Å². The van der Waals surface area contributed by atoms with Crippen molar-refractivity contribution in [3.05, 3.63) is 41.7 Å². The molecule has 20 heavy (non-hydrogen) atoms. The highest BCUT2D eigenvalue weighted by Gasteiger charge is 2.08. The Bertz CT molecular complexity index is 556. The molecule has 5 nitrogen and oxygen atoms in total. The van der Waals surface area contributed by atoms with E-state index in [1.165, 1.54) is 18.5 Å². The zero-order valence-electron chi connectivity index (χ0n) is 11.8. The lowest BCUT2D eigenvalue weighted by Gasteiger charge is -2.11. The molecule has 0 saturated heterocycles. The fourth-order valence-electron chi connectivity index (χ4n) is 1.96. The molecule has 2 aromatic rings. The van der Waals surface area contributed by atoms with Crippen molar-refractivity contribution >= 4 is 0 Å². The van der Waals surface area contributed by atoms with E-state index in [2.05, 4.69) is 22.3 Å². The van der Waals surface area contributed by atoms with Crippen molar-refractivity contribution in [3.63, 3.8) is 0 Å². The topological polar surface area (TPSA) is 52.0 Å². The molecular formula is C14H19FN4O. The maximum absolute atomic E-state index is 13.2. The van der Waals surface area contributed by atoms with Gasteiger partial charge in [-0.1, -0.05) is 6.92 Å². The third-order valence-electron chi connectivity index (χ3n) is 2.88. The Balaban J connectivity index is 2.08. The van der Waals surface area contributed by atoms with Gasteiger partial charge in [0.1, 0.15) is 24.5 Å². The van der Waals surface area contributed by atoms with Gasteiger partial charge < -0.3 is 10.1 Å². The van der Waals surface area contributed by atoms with Crippen molar-refractivity contribution in [2.75, 3.05) is 7.05 Å². The smallest absolute Gasteiger partial charge is 0.164 e. The van der Waals surface area contributed by atoms with Gasteiger partial charge in [-0.25, -0.2) is 14.1 Å². The van der Waals surface area contributed by atoms with Crippen LogP contribution in [0.3, 0.4) is 0 Å². The van der Waals surface area contributed by atoms with Gasteiger partial charge in [-0.05, 0) is 31.7 Å². The standard InChI is InChI=1S/C14H19FN4O/c1-3-6-19-14(17-10-18-19)9-20-13-5-4-12(15)7-11(13)8-16-2/h4-5,7,10,16H,3,6,8-9H2,1-2H3. The van der Waals surface area contributed by atoms with Crippen LogP contribution in [0.4, 0.5) is 4.39 Å². The third-order valence-corrected chi connectivity index (χ3v) is 2.88. The minimum absolute atomic E-state index is 0.267. The lowest BCUT2D eigenvalue weighted by Crippen LogP contribution is -2.11. The number of hydrogen-bond acceptors (Lipinski definition) is 4. The fraction of sp³-hybridized carbons (Fsp3) is 0.429. The molecule has 0 unspecified atom stereocenters. The molecule has 0 aliphatic heterocycles. The number of nitrogens with one attached hydrogen (secondary N) is 1. The maximum atomic E-state index is 13.2. The van der Waals surface area contributed by atoms with Gasteiger partial charge in [0.05, 0.1) is 0 Å². The molecule has 0 saturated carbocycles. The van der Waals surface area contributed by atoms with E-state index in [1.807, 2.05) is 11.7 Å². The summed E-state index contributed by atoms with van der Waals surface area (Å²) in [5.74, 6) is 1.16. The highest BCUT2D eigenvalue weighted by molar-refractivity contribution is 5.33. The van der Waals surface area contributed by atoms with Crippen molar-refractivity contribution in [1.82, 2.24) is 20.1 Å². The van der Waals surface area contributed by atoms with E-state index in [1.54, 1.807) is 6.07 Å². The summed E-state index contributed by atoms with van der Waals surface area (Å²) in [6.45, 7) is 3.76. The number of ether oxygens (including phenoxy) is 1. The average molecular weight is 278 g/mol. The van der Waals surface area contributed by atoms with E-state index < -0.39 is 0 Å². The van der Waals surface area contributed by atoms with Crippen molar-refractivity contribution in [2.24, 2.45) is 0 Å². The molecule has 2 rings (SSSR count). The molecule has 1 heterocycles. The molecular weight excluding hydrogens is 259 g/mol. The molecule has 0 aliphatic carbocycles. The molecule has 0 aliphatic rings. The summed E-state index contributed by atoms with van der Waals surface area (Å²) < 4.78 is 20.8. The molecule has 108 valence electrons. The van der Waals surface area contributed by atoms with Crippen molar-refractivity contribution in [2.45, 2.75) is 33.0 Å². The van der Waals surface area contributed by atoms with Crippen LogP contribution in [0.1, 0.15) is 24.7 Å². The van der Waals surface area contributed by atoms with E-state index in [4.69, 9.17) is 4.74 Å². The van der Waals surface area contributed by atoms with Gasteiger partial charge in [-0.15, -0.1) is 0 Å². The highest BCUT2D eigenvalue weighted by Crippen LogP contribution is 2.20. The summed E-state index contributed by atoms with van der Waals surface area (Å²) in [4.78, 5) is 4.18. The first-order chi connectivity index (χ1) is 9.74. The van der Waals surface area contributed by atoms with Gasteiger partial charge in [-0.3, -0.25) is 0 Å². The van der Waals surface area contributed by atoms with Crippen LogP contribution in [0.25, 0.3) is 0 Å². The number of halogens is 1. The average Bonchev–Trinajstić information content (AvgIpc) is 2.86. The summed E-state index contributed by atoms with van der Waals surface area (Å²) in [6.07, 6.45) is 2.51. The summed E-state index contributed by atoms with van der Waals surface area (Å²) >= 11 is 0. The van der Waals surface area contributed by atoms with Crippen LogP contribution in [0.15, 0.2) is 24.5 Å². The summed E-state index contributed by atoms with van der Waals surface area (Å²) in [6, 6.07) is 4.51. The normalized spacial score (nSPS) is 10.8. The molecule has 0 radical (unpaired) electrons. The zero-order valence-corrected chi connectivity index (χ0v) is 11.8. The molecule has 0 atom stereocenters. The van der Waals surface area contributed by atoms with E-state index in [9.17, 15) is 4.39 Å². The second-order valence-electron chi connectivity index (χ2n) is 4.47. The van der Waals surface area contributed by atoms with Crippen LogP contribution in [0.2, 0.25) is 0 Å². The third kappa shape index (κ3) is 3.54. The van der Waals surface area contributed by atoms with Crippen LogP contribution in [-0.2, 0) is 19.7 Å². The minimum Gasteiger partial charge on any atom is -0.485 e. The Morgan fingerprint density at radius 3 is 3.00 bits per heavy atom. The fourth-order valence-corrected chi connectivity index (χ4v) is 1.96. The Kier molecular flexibility index (Phi) is 5.06. The first-order valence-corrected chi connectivity index (χ1v) is 6.67. The van der Waals surface area contributed by atoms with Gasteiger partial charge in [0.15, 0.2) is 5.82 Å². The number of benzene rings is 1. The Labute approximate surface area is 117 Å². The van der Waals surface area contributed by atoms with Crippen molar-refractivity contribution in [1.29, 1.82) is 0 Å². The lowest BCUT2D eigenvalue weighted by molar-refractivity contribution is 0.282. The summed E-state index contributed by atoms with van der Waals surface area (Å²) in [5, 5.41) is 7.14. The van der Waals surface area contributed by atoms with E-state index in [-0.39, 0.29) is 5.82 Å². The maximum Gasteiger partial charge on any atom is 0.164 e. The zero-order chi connectivity index (χ0) is 14.4. The first kappa shape index (κ1) is 14.5. The summed E-state index contributed by atoms with van der Waals surface area (Å²) in [5.41, 5.74) is 0.786. The molecule has 1 N–H and O–H groups in total. The quantitative estimate of drug-likeness (QED) is 0.843. The lowest BCUT2D eigenvalue weighted by atomic mass is 10.2. The largest absolute Gasteiger partial charge is 0.485 e. The molecule has 0 amide bonds. The number of nitrogens with zero attached hydrogens (tertiary/aromatic N) is 3. The van der Waals surface area contributed by atoms with Crippen LogP contribution in [-0.4, -0.2) is 21.8 Å². The van der Waals surface area contributed by atoms with Gasteiger partial charge in [0.25, 0.3) is 0 Å². The van der Waals surface area contributed by atoms with Crippen LogP contribution >= 0.6 is 0 Å². The monoisotopic (exact) mass is 278 g/mol. The van der Waals surface area contributed by atoms with Gasteiger partial charge in [-0.2, -0.15) is 5.10 Å². The van der Waals surface area contributed by atoms with Crippen molar-refractivity contribution in [3.8, 4) is 5.75 Å². The van der Waals surface area contributed by atoms with E-state index >= 15 is 0 Å². The minimum atomic E-state index is -0.267. The van der Waals surface area contributed by atoms with E-state index in [0.717, 1.165) is 24.4 Å². The predicted octanol–water partition coefficient (Wildman–Crippen LogP) is 2.13. The van der Waals surface area contributed by atoms with E-state index in [0.29, 0.717) is 18.9 Å². The Hall–Kier alpha value is -1.95. The number of hydrogen-bond donors (Lipinski definition) is 1. The Morgan fingerprint density at radius 1 is 1.40 bits per heavy atom. The van der Waals surface area contributed by atoms with Gasteiger partial charge in [0.2, 0.25) is 0 Å². The number of aryl methyl sites for hydroxylation is 1. The number of rotatable bonds is 7. The second kappa shape index (κ2) is 7.00. The molecule has 0 bridgehead atoms. The van der Waals surface area contributed by atoms with Crippen LogP contribution < -0.4 is 10.1 Å². The Morgan fingerprint density at radius 2 is 2.25 bits per heavy atom. The molecule has 0 spiro atoms. The molecule has 1 aromatic carbocycles. The molecule has 1 aromatic heterocycles. The summed E-state index contributed by atoms with van der Waals surface area (Å²) in [7, 11) is 1.81. The highest BCUT2D eigenvalue weighted by atomic mass is 19.1. The van der Waals surface area contributed by atoms with Gasteiger partial charge in [0, 0.05) is 18.7 Å².